The Morgan fingerprint density at radius 3 is 2.65 bits per heavy atom. The van der Waals surface area contributed by atoms with Crippen molar-refractivity contribution in [3.63, 3.8) is 0 Å². The van der Waals surface area contributed by atoms with Gasteiger partial charge in [0.15, 0.2) is 0 Å². The van der Waals surface area contributed by atoms with Gasteiger partial charge in [0.25, 0.3) is 0 Å². The fourth-order valence-electron chi connectivity index (χ4n) is 2.15. The van der Waals surface area contributed by atoms with E-state index in [-0.39, 0.29) is 18.5 Å². The number of rotatable bonds is 4. The standard InChI is InChI=1S/C15H20N2O3/c1-15(2,14(19)20)9-17-13(18)12-7-10-5-3-4-6-11(10)8-16-12/h3-6,12,16H,7-9H2,1-2H3,(H,17,18)(H,19,20)/t12-/m0/s1. The number of aliphatic carboxylic acids is 1. The van der Waals surface area contributed by atoms with Crippen LogP contribution in [0.15, 0.2) is 24.3 Å². The molecule has 5 heteroatoms. The van der Waals surface area contributed by atoms with Crippen molar-refractivity contribution in [2.45, 2.75) is 32.9 Å². The van der Waals surface area contributed by atoms with Gasteiger partial charge in [-0.2, -0.15) is 0 Å². The van der Waals surface area contributed by atoms with E-state index in [1.807, 2.05) is 24.3 Å². The van der Waals surface area contributed by atoms with Gasteiger partial charge in [-0.15, -0.1) is 0 Å². The average Bonchev–Trinajstić information content (AvgIpc) is 2.44. The molecule has 0 radical (unpaired) electrons. The van der Waals surface area contributed by atoms with Crippen molar-refractivity contribution in [1.82, 2.24) is 10.6 Å². The second-order valence-electron chi connectivity index (χ2n) is 5.81. The fraction of sp³-hybridized carbons (Fsp3) is 0.467. The van der Waals surface area contributed by atoms with Gasteiger partial charge >= 0.3 is 5.97 Å². The molecule has 1 heterocycles. The molecule has 0 saturated carbocycles. The van der Waals surface area contributed by atoms with Gasteiger partial charge in [-0.25, -0.2) is 0 Å². The molecule has 0 saturated heterocycles. The van der Waals surface area contributed by atoms with Crippen LogP contribution in [-0.2, 0) is 22.6 Å². The number of carboxylic acids is 1. The molecular weight excluding hydrogens is 256 g/mol. The van der Waals surface area contributed by atoms with Gasteiger partial charge in [0, 0.05) is 13.1 Å². The van der Waals surface area contributed by atoms with Crippen molar-refractivity contribution in [3.05, 3.63) is 35.4 Å². The summed E-state index contributed by atoms with van der Waals surface area (Å²) in [7, 11) is 0. The SMILES string of the molecule is CC(C)(CNC(=O)[C@@H]1Cc2ccccc2CN1)C(=O)O. The highest BCUT2D eigenvalue weighted by molar-refractivity contribution is 5.83. The van der Waals surface area contributed by atoms with Crippen molar-refractivity contribution in [2.75, 3.05) is 6.54 Å². The van der Waals surface area contributed by atoms with E-state index in [4.69, 9.17) is 5.11 Å². The van der Waals surface area contributed by atoms with Crippen LogP contribution in [0.3, 0.4) is 0 Å². The van der Waals surface area contributed by atoms with E-state index in [0.29, 0.717) is 13.0 Å². The molecule has 0 aliphatic carbocycles. The number of carbonyl (C=O) groups is 2. The van der Waals surface area contributed by atoms with Crippen LogP contribution in [0, 0.1) is 5.41 Å². The number of amides is 1. The molecule has 3 N–H and O–H groups in total. The lowest BCUT2D eigenvalue weighted by atomic mass is 9.92. The monoisotopic (exact) mass is 276 g/mol. The van der Waals surface area contributed by atoms with E-state index in [0.717, 1.165) is 0 Å². The van der Waals surface area contributed by atoms with E-state index >= 15 is 0 Å². The molecule has 1 aromatic rings. The third kappa shape index (κ3) is 3.17. The molecule has 1 aliphatic heterocycles. The Morgan fingerprint density at radius 1 is 1.35 bits per heavy atom. The van der Waals surface area contributed by atoms with E-state index in [1.165, 1.54) is 11.1 Å². The first-order chi connectivity index (χ1) is 9.40. The van der Waals surface area contributed by atoms with Crippen LogP contribution in [0.5, 0.6) is 0 Å². The summed E-state index contributed by atoms with van der Waals surface area (Å²) in [6.45, 7) is 3.98. The number of hydrogen-bond donors (Lipinski definition) is 3. The highest BCUT2D eigenvalue weighted by Crippen LogP contribution is 2.17. The molecule has 0 bridgehead atoms. The van der Waals surface area contributed by atoms with Gasteiger partial charge in [-0.05, 0) is 31.4 Å². The summed E-state index contributed by atoms with van der Waals surface area (Å²) in [5.41, 5.74) is 1.42. The van der Waals surface area contributed by atoms with Crippen LogP contribution in [-0.4, -0.2) is 29.6 Å². The second kappa shape index (κ2) is 5.63. The van der Waals surface area contributed by atoms with Gasteiger partial charge in [0.05, 0.1) is 11.5 Å². The van der Waals surface area contributed by atoms with Crippen LogP contribution in [0.4, 0.5) is 0 Å². The fourth-order valence-corrected chi connectivity index (χ4v) is 2.15. The minimum Gasteiger partial charge on any atom is -0.481 e. The minimum atomic E-state index is -0.956. The number of nitrogens with one attached hydrogen (secondary N) is 2. The number of hydrogen-bond acceptors (Lipinski definition) is 3. The average molecular weight is 276 g/mol. The van der Waals surface area contributed by atoms with Gasteiger partial charge in [-0.1, -0.05) is 24.3 Å². The molecular formula is C15H20N2O3. The summed E-state index contributed by atoms with van der Waals surface area (Å²) in [5, 5.41) is 14.9. The lowest BCUT2D eigenvalue weighted by Gasteiger charge is -2.27. The Hall–Kier alpha value is -1.88. The zero-order chi connectivity index (χ0) is 14.8. The quantitative estimate of drug-likeness (QED) is 0.764. The Balaban J connectivity index is 1.94. The predicted molar refractivity (Wildman–Crippen MR) is 75.2 cm³/mol. The van der Waals surface area contributed by atoms with Gasteiger partial charge < -0.3 is 15.7 Å². The summed E-state index contributed by atoms with van der Waals surface area (Å²) in [5.74, 6) is -1.06. The molecule has 2 rings (SSSR count). The molecule has 1 amide bonds. The molecule has 20 heavy (non-hydrogen) atoms. The topological polar surface area (TPSA) is 78.4 Å². The Labute approximate surface area is 118 Å². The molecule has 5 nitrogen and oxygen atoms in total. The van der Waals surface area contributed by atoms with Gasteiger partial charge in [-0.3, -0.25) is 9.59 Å². The van der Waals surface area contributed by atoms with Crippen molar-refractivity contribution in [1.29, 1.82) is 0 Å². The smallest absolute Gasteiger partial charge is 0.310 e. The van der Waals surface area contributed by atoms with E-state index in [9.17, 15) is 9.59 Å². The van der Waals surface area contributed by atoms with Crippen LogP contribution in [0.1, 0.15) is 25.0 Å². The van der Waals surface area contributed by atoms with E-state index < -0.39 is 11.4 Å². The zero-order valence-electron chi connectivity index (χ0n) is 11.8. The first-order valence-corrected chi connectivity index (χ1v) is 6.71. The minimum absolute atomic E-state index is 0.126. The Kier molecular flexibility index (Phi) is 4.09. The maximum Gasteiger partial charge on any atom is 0.310 e. The maximum atomic E-state index is 12.1. The van der Waals surface area contributed by atoms with Crippen molar-refractivity contribution in [3.8, 4) is 0 Å². The number of benzene rings is 1. The predicted octanol–water partition coefficient (Wildman–Crippen LogP) is 0.928. The molecule has 108 valence electrons. The number of fused-ring (bicyclic) bond motifs is 1. The van der Waals surface area contributed by atoms with Crippen molar-refractivity contribution in [2.24, 2.45) is 5.41 Å². The zero-order valence-corrected chi connectivity index (χ0v) is 11.8. The largest absolute Gasteiger partial charge is 0.481 e. The molecule has 1 aliphatic rings. The number of carboxylic acid groups (broad SMARTS) is 1. The summed E-state index contributed by atoms with van der Waals surface area (Å²) in [6, 6.07) is 7.72. The second-order valence-corrected chi connectivity index (χ2v) is 5.81. The maximum absolute atomic E-state index is 12.1. The van der Waals surface area contributed by atoms with Gasteiger partial charge in [0.2, 0.25) is 5.91 Å². The normalized spacial score (nSPS) is 18.2. The Bertz CT molecular complexity index is 526. The van der Waals surface area contributed by atoms with E-state index in [1.54, 1.807) is 13.8 Å². The highest BCUT2D eigenvalue weighted by Gasteiger charge is 2.30. The van der Waals surface area contributed by atoms with Crippen LogP contribution in [0.25, 0.3) is 0 Å². The van der Waals surface area contributed by atoms with Crippen LogP contribution < -0.4 is 10.6 Å². The molecule has 0 fully saturated rings. The molecule has 1 aromatic carbocycles. The van der Waals surface area contributed by atoms with Gasteiger partial charge in [0.1, 0.15) is 0 Å². The molecule has 0 unspecified atom stereocenters. The van der Waals surface area contributed by atoms with E-state index in [2.05, 4.69) is 10.6 Å². The third-order valence-corrected chi connectivity index (χ3v) is 3.68. The highest BCUT2D eigenvalue weighted by atomic mass is 16.4. The van der Waals surface area contributed by atoms with Crippen molar-refractivity contribution >= 4 is 11.9 Å². The number of carbonyl (C=O) groups excluding carboxylic acids is 1. The lowest BCUT2D eigenvalue weighted by Crippen LogP contribution is -2.50. The lowest BCUT2D eigenvalue weighted by molar-refractivity contribution is -0.146. The van der Waals surface area contributed by atoms with Crippen LogP contribution in [0.2, 0.25) is 0 Å². The summed E-state index contributed by atoms with van der Waals surface area (Å²) in [6.07, 6.45) is 0.634. The van der Waals surface area contributed by atoms with Crippen LogP contribution >= 0.6 is 0 Å². The molecule has 0 spiro atoms. The summed E-state index contributed by atoms with van der Waals surface area (Å²) in [4.78, 5) is 23.1. The first kappa shape index (κ1) is 14.5. The Morgan fingerprint density at radius 2 is 2.00 bits per heavy atom. The van der Waals surface area contributed by atoms with Crippen molar-refractivity contribution < 1.29 is 14.7 Å². The molecule has 1 atom stereocenters. The first-order valence-electron chi connectivity index (χ1n) is 6.71. The summed E-state index contributed by atoms with van der Waals surface area (Å²) < 4.78 is 0. The third-order valence-electron chi connectivity index (χ3n) is 3.68. The molecule has 0 aromatic heterocycles. The summed E-state index contributed by atoms with van der Waals surface area (Å²) >= 11 is 0.